The molecule has 132 valence electrons. The smallest absolute Gasteiger partial charge is 0.245 e. The van der Waals surface area contributed by atoms with E-state index in [2.05, 4.69) is 38.2 Å². The number of nitrogens with one attached hydrogen (secondary N) is 1. The van der Waals surface area contributed by atoms with Gasteiger partial charge in [-0.2, -0.15) is 0 Å². The molecule has 1 aromatic rings. The van der Waals surface area contributed by atoms with E-state index in [1.807, 2.05) is 26.0 Å². The number of hydrogen-bond donors (Lipinski definition) is 2. The highest BCUT2D eigenvalue weighted by molar-refractivity contribution is 6.00. The van der Waals surface area contributed by atoms with Crippen LogP contribution in [0.4, 0.5) is 5.69 Å². The first-order valence-electron chi connectivity index (χ1n) is 8.91. The van der Waals surface area contributed by atoms with Crippen LogP contribution in [-0.4, -0.2) is 24.2 Å². The fourth-order valence-electron chi connectivity index (χ4n) is 4.32. The zero-order valence-corrected chi connectivity index (χ0v) is 15.5. The van der Waals surface area contributed by atoms with Gasteiger partial charge in [-0.05, 0) is 36.0 Å². The molecule has 1 saturated carbocycles. The standard InChI is InChI=1S/C20H30N2O2/c1-18(2,3)13-8-10-14(11-9-13)22-17(23)20(21)15-7-6-12-24-16(15)19(20,4)5/h8-11,15-16H,6-7,12,21H2,1-5H3,(H,22,23). The maximum atomic E-state index is 13.0. The minimum Gasteiger partial charge on any atom is -0.377 e. The highest BCUT2D eigenvalue weighted by Gasteiger charge is 2.70. The van der Waals surface area contributed by atoms with Crippen molar-refractivity contribution in [2.24, 2.45) is 17.1 Å². The average Bonchev–Trinajstić information content (AvgIpc) is 2.53. The summed E-state index contributed by atoms with van der Waals surface area (Å²) in [7, 11) is 0. The lowest BCUT2D eigenvalue weighted by Crippen LogP contribution is -2.81. The predicted molar refractivity (Wildman–Crippen MR) is 96.9 cm³/mol. The Morgan fingerprint density at radius 1 is 1.25 bits per heavy atom. The van der Waals surface area contributed by atoms with E-state index in [0.717, 1.165) is 25.1 Å². The lowest BCUT2D eigenvalue weighted by atomic mass is 9.46. The fourth-order valence-corrected chi connectivity index (χ4v) is 4.32. The van der Waals surface area contributed by atoms with Gasteiger partial charge in [0.15, 0.2) is 0 Å². The van der Waals surface area contributed by atoms with Gasteiger partial charge in [0.2, 0.25) is 5.91 Å². The lowest BCUT2D eigenvalue weighted by Gasteiger charge is -2.65. The highest BCUT2D eigenvalue weighted by atomic mass is 16.5. The molecule has 3 rings (SSSR count). The number of carbonyl (C=O) groups excluding carboxylic acids is 1. The molecule has 1 heterocycles. The SMILES string of the molecule is CC(C)(C)c1ccc(NC(=O)C2(N)C3CCCOC3C2(C)C)cc1. The zero-order valence-electron chi connectivity index (χ0n) is 15.5. The summed E-state index contributed by atoms with van der Waals surface area (Å²) < 4.78 is 5.88. The number of nitrogens with two attached hydrogens (primary N) is 1. The van der Waals surface area contributed by atoms with Crippen molar-refractivity contribution in [3.05, 3.63) is 29.8 Å². The van der Waals surface area contributed by atoms with E-state index in [-0.39, 0.29) is 28.8 Å². The van der Waals surface area contributed by atoms with E-state index in [0.29, 0.717) is 0 Å². The molecule has 4 heteroatoms. The highest BCUT2D eigenvalue weighted by Crippen LogP contribution is 2.57. The molecule has 2 fully saturated rings. The molecule has 1 aliphatic carbocycles. The normalized spacial score (nSPS) is 31.8. The van der Waals surface area contributed by atoms with Crippen molar-refractivity contribution in [2.45, 2.75) is 64.5 Å². The topological polar surface area (TPSA) is 64.4 Å². The quantitative estimate of drug-likeness (QED) is 0.873. The van der Waals surface area contributed by atoms with Gasteiger partial charge in [0.25, 0.3) is 0 Å². The zero-order chi connectivity index (χ0) is 17.8. The number of fused-ring (bicyclic) bond motifs is 1. The van der Waals surface area contributed by atoms with Crippen LogP contribution < -0.4 is 11.1 Å². The predicted octanol–water partition coefficient (Wildman–Crippen LogP) is 3.46. The van der Waals surface area contributed by atoms with Gasteiger partial charge in [0, 0.05) is 23.6 Å². The van der Waals surface area contributed by atoms with Gasteiger partial charge in [0.05, 0.1) is 6.10 Å². The molecule has 0 bridgehead atoms. The van der Waals surface area contributed by atoms with Crippen molar-refractivity contribution in [1.82, 2.24) is 0 Å². The third kappa shape index (κ3) is 2.47. The van der Waals surface area contributed by atoms with Gasteiger partial charge in [-0.15, -0.1) is 0 Å². The molecule has 2 aliphatic rings. The molecule has 3 atom stereocenters. The van der Waals surface area contributed by atoms with Crippen molar-refractivity contribution < 1.29 is 9.53 Å². The summed E-state index contributed by atoms with van der Waals surface area (Å²) in [5.74, 6) is 0.0119. The monoisotopic (exact) mass is 330 g/mol. The minimum atomic E-state index is -0.874. The van der Waals surface area contributed by atoms with E-state index in [9.17, 15) is 4.79 Å². The summed E-state index contributed by atoms with van der Waals surface area (Å²) in [5, 5.41) is 3.03. The molecule has 24 heavy (non-hydrogen) atoms. The second-order valence-corrected chi connectivity index (χ2v) is 8.91. The molecule has 3 N–H and O–H groups in total. The Morgan fingerprint density at radius 3 is 2.46 bits per heavy atom. The van der Waals surface area contributed by atoms with Crippen LogP contribution in [0.2, 0.25) is 0 Å². The van der Waals surface area contributed by atoms with Crippen molar-refractivity contribution in [2.75, 3.05) is 11.9 Å². The van der Waals surface area contributed by atoms with E-state index in [1.165, 1.54) is 5.56 Å². The summed E-state index contributed by atoms with van der Waals surface area (Å²) in [6, 6.07) is 8.05. The van der Waals surface area contributed by atoms with Crippen LogP contribution in [-0.2, 0) is 14.9 Å². The average molecular weight is 330 g/mol. The summed E-state index contributed by atoms with van der Waals surface area (Å²) in [4.78, 5) is 13.0. The van der Waals surface area contributed by atoms with Gasteiger partial charge in [-0.3, -0.25) is 4.79 Å². The van der Waals surface area contributed by atoms with Gasteiger partial charge >= 0.3 is 0 Å². The van der Waals surface area contributed by atoms with Crippen LogP contribution in [0.25, 0.3) is 0 Å². The molecule has 0 radical (unpaired) electrons. The third-order valence-corrected chi connectivity index (χ3v) is 6.07. The Hall–Kier alpha value is -1.39. The van der Waals surface area contributed by atoms with Crippen molar-refractivity contribution >= 4 is 11.6 Å². The Balaban J connectivity index is 1.77. The molecule has 4 nitrogen and oxygen atoms in total. The third-order valence-electron chi connectivity index (χ3n) is 6.07. The second-order valence-electron chi connectivity index (χ2n) is 8.91. The number of benzene rings is 1. The molecule has 0 spiro atoms. The Labute approximate surface area is 145 Å². The first-order valence-corrected chi connectivity index (χ1v) is 8.91. The maximum Gasteiger partial charge on any atom is 0.245 e. The number of anilines is 1. The van der Waals surface area contributed by atoms with Crippen molar-refractivity contribution in [3.8, 4) is 0 Å². The van der Waals surface area contributed by atoms with E-state index in [1.54, 1.807) is 0 Å². The Bertz CT molecular complexity index is 630. The van der Waals surface area contributed by atoms with Crippen LogP contribution in [0.15, 0.2) is 24.3 Å². The molecular weight excluding hydrogens is 300 g/mol. The summed E-state index contributed by atoms with van der Waals surface area (Å²) in [6.07, 6.45) is 2.02. The molecule has 1 amide bonds. The second kappa shape index (κ2) is 5.57. The van der Waals surface area contributed by atoms with Gasteiger partial charge < -0.3 is 15.8 Å². The first-order chi connectivity index (χ1) is 11.1. The Morgan fingerprint density at radius 2 is 1.88 bits per heavy atom. The first kappa shape index (κ1) is 17.4. The molecule has 3 unspecified atom stereocenters. The molecule has 0 aromatic heterocycles. The summed E-state index contributed by atoms with van der Waals surface area (Å²) >= 11 is 0. The summed E-state index contributed by atoms with van der Waals surface area (Å²) in [6.45, 7) is 11.4. The molecular formula is C20H30N2O2. The molecule has 1 saturated heterocycles. The molecule has 1 aliphatic heterocycles. The van der Waals surface area contributed by atoms with Crippen LogP contribution in [0, 0.1) is 11.3 Å². The number of carbonyl (C=O) groups is 1. The Kier molecular flexibility index (Phi) is 4.04. The van der Waals surface area contributed by atoms with Gasteiger partial charge in [-0.1, -0.05) is 46.8 Å². The molecule has 1 aromatic carbocycles. The maximum absolute atomic E-state index is 13.0. The largest absolute Gasteiger partial charge is 0.377 e. The van der Waals surface area contributed by atoms with E-state index in [4.69, 9.17) is 10.5 Å². The van der Waals surface area contributed by atoms with Crippen LogP contribution in [0.1, 0.15) is 53.0 Å². The van der Waals surface area contributed by atoms with E-state index < -0.39 is 5.54 Å². The van der Waals surface area contributed by atoms with Crippen LogP contribution in [0.5, 0.6) is 0 Å². The number of rotatable bonds is 2. The summed E-state index contributed by atoms with van der Waals surface area (Å²) in [5.41, 5.74) is 7.55. The van der Waals surface area contributed by atoms with Crippen molar-refractivity contribution in [1.29, 1.82) is 0 Å². The van der Waals surface area contributed by atoms with Crippen LogP contribution >= 0.6 is 0 Å². The number of hydrogen-bond acceptors (Lipinski definition) is 3. The number of amides is 1. The van der Waals surface area contributed by atoms with Crippen molar-refractivity contribution in [3.63, 3.8) is 0 Å². The van der Waals surface area contributed by atoms with Gasteiger partial charge in [0.1, 0.15) is 5.54 Å². The van der Waals surface area contributed by atoms with E-state index >= 15 is 0 Å². The lowest BCUT2D eigenvalue weighted by molar-refractivity contribution is -0.222. The van der Waals surface area contributed by atoms with Crippen LogP contribution in [0.3, 0.4) is 0 Å². The minimum absolute atomic E-state index is 0.0882. The fraction of sp³-hybridized carbons (Fsp3) is 0.650. The number of ether oxygens (including phenoxy) is 1. The van der Waals surface area contributed by atoms with Gasteiger partial charge in [-0.25, -0.2) is 0 Å².